The number of carbonyl (C=O) groups is 1. The van der Waals surface area contributed by atoms with Crippen molar-refractivity contribution in [2.75, 3.05) is 18.0 Å². The Kier molecular flexibility index (Phi) is 3.63. The smallest absolute Gasteiger partial charge is 0.271 e. The van der Waals surface area contributed by atoms with Crippen LogP contribution in [0, 0.1) is 0 Å². The van der Waals surface area contributed by atoms with Crippen LogP contribution < -0.4 is 10.2 Å². The van der Waals surface area contributed by atoms with Gasteiger partial charge in [-0.3, -0.25) is 9.78 Å². The van der Waals surface area contributed by atoms with E-state index in [1.165, 1.54) is 6.20 Å². The Morgan fingerprint density at radius 3 is 2.96 bits per heavy atom. The summed E-state index contributed by atoms with van der Waals surface area (Å²) in [5.74, 6) is -0.172. The number of rotatable bonds is 3. The number of hydrogen-bond acceptors (Lipinski definition) is 6. The van der Waals surface area contributed by atoms with E-state index in [4.69, 9.17) is 0 Å². The van der Waals surface area contributed by atoms with Crippen molar-refractivity contribution >= 4 is 33.4 Å². The van der Waals surface area contributed by atoms with E-state index in [0.717, 1.165) is 35.7 Å². The third kappa shape index (κ3) is 2.87. The Bertz CT molecular complexity index is 835. The van der Waals surface area contributed by atoms with E-state index in [1.54, 1.807) is 17.5 Å². The Morgan fingerprint density at radius 1 is 1.26 bits per heavy atom. The highest BCUT2D eigenvalue weighted by atomic mass is 32.1. The fraction of sp³-hybridized carbons (Fsp3) is 0.250. The first-order chi connectivity index (χ1) is 11.3. The zero-order chi connectivity index (χ0) is 15.6. The van der Waals surface area contributed by atoms with Crippen LogP contribution in [0.4, 0.5) is 5.13 Å². The lowest BCUT2D eigenvalue weighted by molar-refractivity contribution is 0.0935. The summed E-state index contributed by atoms with van der Waals surface area (Å²) >= 11 is 1.62. The normalized spacial score (nSPS) is 17.6. The van der Waals surface area contributed by atoms with Gasteiger partial charge >= 0.3 is 0 Å². The average Bonchev–Trinajstić information content (AvgIpc) is 3.25. The van der Waals surface area contributed by atoms with Gasteiger partial charge in [-0.2, -0.15) is 0 Å². The monoisotopic (exact) mass is 325 g/mol. The van der Waals surface area contributed by atoms with E-state index in [2.05, 4.69) is 25.2 Å². The molecule has 7 heteroatoms. The molecule has 0 bridgehead atoms. The molecule has 1 N–H and O–H groups in total. The second-order valence-electron chi connectivity index (χ2n) is 5.46. The first kappa shape index (κ1) is 14.1. The van der Waals surface area contributed by atoms with Gasteiger partial charge in [0, 0.05) is 30.7 Å². The molecular weight excluding hydrogens is 310 g/mol. The summed E-state index contributed by atoms with van der Waals surface area (Å²) in [6.45, 7) is 1.68. The number of nitrogens with zero attached hydrogens (tertiary/aromatic N) is 4. The van der Waals surface area contributed by atoms with E-state index in [1.807, 2.05) is 29.6 Å². The number of thiazole rings is 1. The molecule has 6 nitrogen and oxygen atoms in total. The van der Waals surface area contributed by atoms with Crippen molar-refractivity contribution in [2.24, 2.45) is 0 Å². The van der Waals surface area contributed by atoms with Gasteiger partial charge in [0.2, 0.25) is 0 Å². The highest BCUT2D eigenvalue weighted by Gasteiger charge is 2.26. The number of amides is 1. The largest absolute Gasteiger partial charge is 0.346 e. The van der Waals surface area contributed by atoms with Crippen molar-refractivity contribution < 1.29 is 4.79 Å². The maximum Gasteiger partial charge on any atom is 0.271 e. The molecule has 1 aliphatic rings. The third-order valence-electron chi connectivity index (χ3n) is 3.89. The van der Waals surface area contributed by atoms with Crippen molar-refractivity contribution in [3.8, 4) is 0 Å². The van der Waals surface area contributed by atoms with Crippen LogP contribution in [0.25, 0.3) is 11.0 Å². The predicted molar refractivity (Wildman–Crippen MR) is 89.7 cm³/mol. The summed E-state index contributed by atoms with van der Waals surface area (Å²) < 4.78 is 0. The van der Waals surface area contributed by atoms with Crippen LogP contribution in [0.2, 0.25) is 0 Å². The molecule has 0 aliphatic carbocycles. The van der Waals surface area contributed by atoms with Gasteiger partial charge in [-0.15, -0.1) is 11.3 Å². The molecule has 0 spiro atoms. The van der Waals surface area contributed by atoms with Gasteiger partial charge in [0.05, 0.1) is 17.2 Å². The number of fused-ring (bicyclic) bond motifs is 1. The van der Waals surface area contributed by atoms with Crippen LogP contribution in [0.5, 0.6) is 0 Å². The van der Waals surface area contributed by atoms with E-state index >= 15 is 0 Å². The molecule has 4 rings (SSSR count). The number of benzene rings is 1. The van der Waals surface area contributed by atoms with Crippen molar-refractivity contribution in [1.29, 1.82) is 0 Å². The Balaban J connectivity index is 1.45. The second kappa shape index (κ2) is 5.92. The Hall–Kier alpha value is -2.54. The molecule has 0 radical (unpaired) electrons. The van der Waals surface area contributed by atoms with Crippen molar-refractivity contribution in [2.45, 2.75) is 12.5 Å². The maximum atomic E-state index is 12.4. The molecule has 2 aromatic heterocycles. The molecule has 23 heavy (non-hydrogen) atoms. The Labute approximate surface area is 137 Å². The molecule has 1 amide bonds. The van der Waals surface area contributed by atoms with E-state index in [-0.39, 0.29) is 11.9 Å². The Morgan fingerprint density at radius 2 is 2.13 bits per heavy atom. The molecule has 1 aromatic carbocycles. The molecule has 116 valence electrons. The van der Waals surface area contributed by atoms with Gasteiger partial charge in [-0.25, -0.2) is 9.97 Å². The molecule has 1 atom stereocenters. The van der Waals surface area contributed by atoms with Gasteiger partial charge in [-0.05, 0) is 18.6 Å². The van der Waals surface area contributed by atoms with Gasteiger partial charge in [0.1, 0.15) is 5.69 Å². The van der Waals surface area contributed by atoms with Crippen LogP contribution in [0.15, 0.2) is 42.0 Å². The fourth-order valence-corrected chi connectivity index (χ4v) is 3.43. The first-order valence-corrected chi connectivity index (χ1v) is 8.35. The van der Waals surface area contributed by atoms with E-state index < -0.39 is 0 Å². The second-order valence-corrected chi connectivity index (χ2v) is 6.34. The number of nitrogens with one attached hydrogen (secondary N) is 1. The standard InChI is InChI=1S/C16H15N5OS/c22-15(14-9-18-12-3-1-2-4-13(12)20-14)19-11-5-7-21(10-11)16-17-6-8-23-16/h1-4,6,8-9,11H,5,7,10H2,(H,19,22)/t11-/m1/s1. The summed E-state index contributed by atoms with van der Waals surface area (Å²) in [5, 5.41) is 6.02. The number of para-hydroxylation sites is 2. The van der Waals surface area contributed by atoms with E-state index in [9.17, 15) is 4.79 Å². The van der Waals surface area contributed by atoms with Crippen LogP contribution in [0.1, 0.15) is 16.9 Å². The molecule has 3 heterocycles. The van der Waals surface area contributed by atoms with Crippen LogP contribution in [-0.4, -0.2) is 40.0 Å². The number of hydrogen-bond donors (Lipinski definition) is 1. The van der Waals surface area contributed by atoms with Crippen LogP contribution in [-0.2, 0) is 0 Å². The number of anilines is 1. The zero-order valence-corrected chi connectivity index (χ0v) is 13.2. The van der Waals surface area contributed by atoms with Gasteiger partial charge < -0.3 is 10.2 Å². The minimum Gasteiger partial charge on any atom is -0.346 e. The molecule has 1 saturated heterocycles. The van der Waals surface area contributed by atoms with E-state index in [0.29, 0.717) is 5.69 Å². The average molecular weight is 325 g/mol. The lowest BCUT2D eigenvalue weighted by atomic mass is 10.2. The molecule has 0 saturated carbocycles. The minimum atomic E-state index is -0.172. The SMILES string of the molecule is O=C(N[C@@H]1CCN(c2nccs2)C1)c1cnc2ccccc2n1. The maximum absolute atomic E-state index is 12.4. The summed E-state index contributed by atoms with van der Waals surface area (Å²) in [4.78, 5) is 27.6. The molecule has 0 unspecified atom stereocenters. The van der Waals surface area contributed by atoms with Crippen LogP contribution in [0.3, 0.4) is 0 Å². The van der Waals surface area contributed by atoms with Gasteiger partial charge in [0.15, 0.2) is 5.13 Å². The van der Waals surface area contributed by atoms with Gasteiger partial charge in [0.25, 0.3) is 5.91 Å². The lowest BCUT2D eigenvalue weighted by Gasteiger charge is -2.15. The summed E-state index contributed by atoms with van der Waals surface area (Å²) in [7, 11) is 0. The first-order valence-electron chi connectivity index (χ1n) is 7.47. The van der Waals surface area contributed by atoms with Gasteiger partial charge in [-0.1, -0.05) is 12.1 Å². The molecular formula is C16H15N5OS. The zero-order valence-electron chi connectivity index (χ0n) is 12.3. The van der Waals surface area contributed by atoms with Crippen molar-refractivity contribution in [1.82, 2.24) is 20.3 Å². The summed E-state index contributed by atoms with van der Waals surface area (Å²) in [6.07, 6.45) is 4.24. The summed E-state index contributed by atoms with van der Waals surface area (Å²) in [5.41, 5.74) is 1.88. The fourth-order valence-electron chi connectivity index (χ4n) is 2.75. The topological polar surface area (TPSA) is 71.0 Å². The van der Waals surface area contributed by atoms with Crippen molar-refractivity contribution in [3.05, 3.63) is 47.7 Å². The highest BCUT2D eigenvalue weighted by molar-refractivity contribution is 7.13. The predicted octanol–water partition coefficient (Wildman–Crippen LogP) is 2.09. The number of aromatic nitrogens is 3. The van der Waals surface area contributed by atoms with Crippen molar-refractivity contribution in [3.63, 3.8) is 0 Å². The minimum absolute atomic E-state index is 0.111. The quantitative estimate of drug-likeness (QED) is 0.798. The third-order valence-corrected chi connectivity index (χ3v) is 4.73. The lowest BCUT2D eigenvalue weighted by Crippen LogP contribution is -2.37. The number of carbonyl (C=O) groups excluding carboxylic acids is 1. The molecule has 1 aliphatic heterocycles. The van der Waals surface area contributed by atoms with Crippen LogP contribution >= 0.6 is 11.3 Å². The molecule has 1 fully saturated rings. The summed E-state index contributed by atoms with van der Waals surface area (Å²) in [6, 6.07) is 7.65. The highest BCUT2D eigenvalue weighted by Crippen LogP contribution is 2.22. The molecule has 3 aromatic rings.